The molecule has 0 bridgehead atoms. The summed E-state index contributed by atoms with van der Waals surface area (Å²) in [7, 11) is -2.14. The average molecular weight is 1130 g/mol. The number of halogens is 24. The van der Waals surface area contributed by atoms with Crippen molar-refractivity contribution in [2.24, 2.45) is 0 Å². The summed E-state index contributed by atoms with van der Waals surface area (Å²) in [5.74, 6) is 4.15. The zero-order valence-corrected chi connectivity index (χ0v) is 38.4. The molecule has 0 heterocycles. The van der Waals surface area contributed by atoms with E-state index in [1.54, 1.807) is 0 Å². The summed E-state index contributed by atoms with van der Waals surface area (Å²) in [6.07, 6.45) is -54.8. The second-order valence-corrected chi connectivity index (χ2v) is 19.2. The summed E-state index contributed by atoms with van der Waals surface area (Å²) >= 11 is 0. The zero-order chi connectivity index (χ0) is 57.5. The van der Waals surface area contributed by atoms with Crippen LogP contribution in [0.25, 0.3) is 0 Å². The highest BCUT2D eigenvalue weighted by atomic mass is 32.2. The van der Waals surface area contributed by atoms with Crippen LogP contribution in [-0.2, 0) is 69.3 Å². The standard InChI is InChI=1S/C32H12BF24.C17H17OS/c34-25(35,36)13-1-14(26(37,38)39)6-21(5-13)33(22-7-15(27(40,41)42)2-16(8-22)28(43,44)45,23-9-17(29(46,47)48)3-18(10-23)30(49,50)51)24-11-19(31(52,53)54)4-20(12-24)32(55,56)57;1-2-19(18,15-17-11-7-4-8-12-17)14-13-16-9-5-3-6-10-16/h1-12H;3-12H,2,15H2,1H3/q-1;+1. The zero-order valence-electron chi connectivity index (χ0n) is 37.6. The number of hydrogen-bond donors (Lipinski definition) is 0. The topological polar surface area (TPSA) is 17.1 Å². The predicted molar refractivity (Wildman–Crippen MR) is 232 cm³/mol. The van der Waals surface area contributed by atoms with Gasteiger partial charge in [0.25, 0.3) is 0 Å². The van der Waals surface area contributed by atoms with Crippen molar-refractivity contribution in [3.05, 3.63) is 189 Å². The molecule has 0 N–H and O–H groups in total. The molecule has 0 fully saturated rings. The molecule has 0 aliphatic heterocycles. The maximum absolute atomic E-state index is 14.2. The van der Waals surface area contributed by atoms with E-state index in [1.165, 1.54) is 0 Å². The van der Waals surface area contributed by atoms with E-state index in [2.05, 4.69) is 11.2 Å². The second-order valence-electron chi connectivity index (χ2n) is 16.5. The Morgan fingerprint density at radius 2 is 0.579 bits per heavy atom. The fraction of sp³-hybridized carbons (Fsp3) is 0.224. The molecule has 0 aliphatic carbocycles. The maximum Gasteiger partial charge on any atom is 0.416 e. The van der Waals surface area contributed by atoms with Crippen LogP contribution in [0.1, 0.15) is 62.6 Å². The molecule has 27 heteroatoms. The maximum atomic E-state index is 14.2. The van der Waals surface area contributed by atoms with E-state index in [0.717, 1.165) is 11.1 Å². The Labute approximate surface area is 414 Å². The Morgan fingerprint density at radius 1 is 0.355 bits per heavy atom. The van der Waals surface area contributed by atoms with Crippen molar-refractivity contribution in [1.29, 1.82) is 0 Å². The van der Waals surface area contributed by atoms with Crippen LogP contribution in [0.2, 0.25) is 0 Å². The Balaban J connectivity index is 0.000000468. The summed E-state index contributed by atoms with van der Waals surface area (Å²) in [6.45, 7) is 1.94. The first-order valence-electron chi connectivity index (χ1n) is 20.9. The van der Waals surface area contributed by atoms with E-state index < -0.39 is 205 Å². The van der Waals surface area contributed by atoms with E-state index in [4.69, 9.17) is 0 Å². The molecular formula is C49H29BF24OS. The Morgan fingerprint density at radius 3 is 0.789 bits per heavy atom. The first-order chi connectivity index (χ1) is 34.5. The highest BCUT2D eigenvalue weighted by Gasteiger charge is 2.47. The minimum absolute atomic E-state index is 0.532. The molecule has 0 aromatic heterocycles. The lowest BCUT2D eigenvalue weighted by Crippen LogP contribution is -2.75. The Bertz CT molecular complexity index is 2690. The largest absolute Gasteiger partial charge is 0.416 e. The number of hydrogen-bond acceptors (Lipinski definition) is 1. The molecule has 1 nitrogen and oxygen atoms in total. The van der Waals surface area contributed by atoms with Gasteiger partial charge >= 0.3 is 49.4 Å². The number of benzene rings is 6. The van der Waals surface area contributed by atoms with E-state index in [-0.39, 0.29) is 0 Å². The van der Waals surface area contributed by atoms with Crippen molar-refractivity contribution in [3.8, 4) is 11.2 Å². The summed E-state index contributed by atoms with van der Waals surface area (Å²) in [6, 6.07) is 10.8. The molecule has 0 amide bonds. The molecule has 6 aromatic rings. The van der Waals surface area contributed by atoms with Crippen LogP contribution in [0.4, 0.5) is 105 Å². The fourth-order valence-electron chi connectivity index (χ4n) is 7.80. The van der Waals surface area contributed by atoms with Crippen molar-refractivity contribution in [2.45, 2.75) is 62.1 Å². The van der Waals surface area contributed by atoms with Crippen LogP contribution in [0.15, 0.2) is 133 Å². The van der Waals surface area contributed by atoms with Gasteiger partial charge in [0, 0.05) is 11.1 Å². The van der Waals surface area contributed by atoms with E-state index in [1.807, 2.05) is 67.6 Å². The highest BCUT2D eigenvalue weighted by molar-refractivity contribution is 8.06. The molecule has 0 radical (unpaired) electrons. The molecular weight excluding hydrogens is 1100 g/mol. The molecule has 408 valence electrons. The third-order valence-electron chi connectivity index (χ3n) is 11.3. The summed E-state index contributed by atoms with van der Waals surface area (Å²) in [5, 5.41) is 2.99. The fourth-order valence-corrected chi connectivity index (χ4v) is 9.25. The van der Waals surface area contributed by atoms with Gasteiger partial charge in [0.05, 0.1) is 44.5 Å². The SMILES string of the molecule is CC[S+](=O)(C#Cc1ccccc1)Cc1ccccc1.FC(F)(F)c1cc([B-](c2cc(C(F)(F)F)cc(C(F)(F)F)c2)(c2cc(C(F)(F)F)cc(C(F)(F)F)c2)c2cc(C(F)(F)F)cc(C(F)(F)F)c2)cc(C(F)(F)F)c1. The monoisotopic (exact) mass is 1130 g/mol. The lowest BCUT2D eigenvalue weighted by Gasteiger charge is -2.46. The van der Waals surface area contributed by atoms with Crippen LogP contribution in [-0.4, -0.2) is 11.9 Å². The smallest absolute Gasteiger partial charge is 0.194 e. The molecule has 76 heavy (non-hydrogen) atoms. The summed E-state index contributed by atoms with van der Waals surface area (Å²) < 4.78 is 354. The van der Waals surface area contributed by atoms with Gasteiger partial charge in [0.1, 0.15) is 17.7 Å². The van der Waals surface area contributed by atoms with Gasteiger partial charge in [0.2, 0.25) is 0 Å². The van der Waals surface area contributed by atoms with Crippen LogP contribution in [0.5, 0.6) is 0 Å². The van der Waals surface area contributed by atoms with Crippen molar-refractivity contribution >= 4 is 37.9 Å². The molecule has 6 rings (SSSR count). The lowest BCUT2D eigenvalue weighted by atomic mass is 9.12. The molecule has 0 saturated carbocycles. The normalized spacial score (nSPS) is 14.0. The van der Waals surface area contributed by atoms with E-state index in [0.29, 0.717) is 11.5 Å². The number of rotatable bonds is 7. The van der Waals surface area contributed by atoms with Crippen molar-refractivity contribution < 1.29 is 110 Å². The van der Waals surface area contributed by atoms with Crippen LogP contribution >= 0.6 is 0 Å². The van der Waals surface area contributed by atoms with Crippen LogP contribution in [0.3, 0.4) is 0 Å². The van der Waals surface area contributed by atoms with Crippen molar-refractivity contribution in [2.75, 3.05) is 5.75 Å². The van der Waals surface area contributed by atoms with Gasteiger partial charge in [-0.2, -0.15) is 127 Å². The van der Waals surface area contributed by atoms with Crippen LogP contribution < -0.4 is 21.9 Å². The van der Waals surface area contributed by atoms with Gasteiger partial charge in [-0.05, 0) is 49.2 Å². The molecule has 1 atom stereocenters. The molecule has 6 aromatic carbocycles. The minimum Gasteiger partial charge on any atom is -0.194 e. The molecule has 0 aliphatic rings. The van der Waals surface area contributed by atoms with Gasteiger partial charge < -0.3 is 0 Å². The van der Waals surface area contributed by atoms with Crippen molar-refractivity contribution in [1.82, 2.24) is 0 Å². The van der Waals surface area contributed by atoms with Gasteiger partial charge in [-0.15, -0.1) is 0 Å². The van der Waals surface area contributed by atoms with E-state index in [9.17, 15) is 110 Å². The molecule has 1 unspecified atom stereocenters. The molecule has 0 spiro atoms. The number of alkyl halides is 24. The molecule has 0 saturated heterocycles. The van der Waals surface area contributed by atoms with Gasteiger partial charge in [0.15, 0.2) is 15.2 Å². The highest BCUT2D eigenvalue weighted by Crippen LogP contribution is 2.41. The quantitative estimate of drug-likeness (QED) is 0.0674. The summed E-state index contributed by atoms with van der Waals surface area (Å²) in [5.41, 5.74) is -28.2. The van der Waals surface area contributed by atoms with Crippen molar-refractivity contribution in [3.63, 3.8) is 0 Å². The van der Waals surface area contributed by atoms with Gasteiger partial charge in [-0.25, -0.2) is 0 Å². The van der Waals surface area contributed by atoms with Gasteiger partial charge in [-0.1, -0.05) is 101 Å². The first-order valence-corrected chi connectivity index (χ1v) is 22.8. The Kier molecular flexibility index (Phi) is 16.7. The third-order valence-corrected chi connectivity index (χ3v) is 13.5. The lowest BCUT2D eigenvalue weighted by molar-refractivity contribution is -0.144. The average Bonchev–Trinajstić information content (AvgIpc) is 3.29. The van der Waals surface area contributed by atoms with E-state index >= 15 is 0 Å². The Hall–Kier alpha value is -6.59. The first kappa shape index (κ1) is 60.3. The predicted octanol–water partition coefficient (Wildman–Crippen LogP) is 14.9. The van der Waals surface area contributed by atoms with Gasteiger partial charge in [-0.3, -0.25) is 0 Å². The second kappa shape index (κ2) is 21.1. The minimum atomic E-state index is -6.13. The van der Waals surface area contributed by atoms with Crippen LogP contribution in [0, 0.1) is 11.2 Å². The third kappa shape index (κ3) is 14.5. The summed E-state index contributed by atoms with van der Waals surface area (Å²) in [4.78, 5) is 0.